The van der Waals surface area contributed by atoms with Gasteiger partial charge in [0.1, 0.15) is 6.04 Å². The maximum absolute atomic E-state index is 11.8. The number of hydrogen-bond donors (Lipinski definition) is 2. The lowest BCUT2D eigenvalue weighted by atomic mass is 9.95. The van der Waals surface area contributed by atoms with E-state index in [1.165, 1.54) is 11.8 Å². The van der Waals surface area contributed by atoms with Gasteiger partial charge in [-0.15, -0.1) is 0 Å². The molecule has 0 bridgehead atoms. The highest BCUT2D eigenvalue weighted by Crippen LogP contribution is 2.16. The fraction of sp³-hybridized carbons (Fsp3) is 0.467. The van der Waals surface area contributed by atoms with Crippen LogP contribution in [0.1, 0.15) is 26.3 Å². The molecule has 2 N–H and O–H groups in total. The van der Waals surface area contributed by atoms with E-state index in [9.17, 15) is 9.59 Å². The third-order valence-electron chi connectivity index (χ3n) is 2.68. The van der Waals surface area contributed by atoms with Crippen LogP contribution < -0.4 is 5.32 Å². The van der Waals surface area contributed by atoms with Crippen molar-refractivity contribution >= 4 is 23.6 Å². The first-order valence-corrected chi connectivity index (χ1v) is 7.61. The zero-order chi connectivity index (χ0) is 15.2. The minimum Gasteiger partial charge on any atom is -0.480 e. The Hall–Kier alpha value is -1.49. The molecule has 1 amide bonds. The van der Waals surface area contributed by atoms with Gasteiger partial charge in [-0.3, -0.25) is 4.79 Å². The summed E-state index contributed by atoms with van der Waals surface area (Å²) in [4.78, 5) is 23.0. The van der Waals surface area contributed by atoms with Crippen molar-refractivity contribution in [1.82, 2.24) is 5.32 Å². The van der Waals surface area contributed by atoms with E-state index in [1.807, 2.05) is 30.3 Å². The van der Waals surface area contributed by atoms with Crippen LogP contribution in [0, 0.1) is 5.41 Å². The average Bonchev–Trinajstić information content (AvgIpc) is 2.37. The second-order valence-corrected chi connectivity index (χ2v) is 6.65. The number of carbonyl (C=O) groups excluding carboxylic acids is 1. The van der Waals surface area contributed by atoms with E-state index in [2.05, 4.69) is 5.32 Å². The van der Waals surface area contributed by atoms with Gasteiger partial charge in [-0.05, 0) is 5.56 Å². The lowest BCUT2D eigenvalue weighted by Crippen LogP contribution is -2.47. The predicted octanol–water partition coefficient (Wildman–Crippen LogP) is 2.54. The predicted molar refractivity (Wildman–Crippen MR) is 81.6 cm³/mol. The molecule has 0 heterocycles. The van der Waals surface area contributed by atoms with Gasteiger partial charge in [0.15, 0.2) is 0 Å². The maximum Gasteiger partial charge on any atom is 0.327 e. The number of carbonyl (C=O) groups is 2. The standard InChI is InChI=1S/C15H21NO3S/c1-15(2,3)14(19)16-12(13(17)18)10-20-9-11-7-5-4-6-8-11/h4-8,12H,9-10H2,1-3H3,(H,16,19)(H,17,18)/t12-/m0/s1. The molecule has 1 atom stereocenters. The molecule has 0 saturated heterocycles. The summed E-state index contributed by atoms with van der Waals surface area (Å²) in [5.41, 5.74) is 0.557. The minimum absolute atomic E-state index is 0.245. The number of thioether (sulfide) groups is 1. The Labute approximate surface area is 124 Å². The lowest BCUT2D eigenvalue weighted by Gasteiger charge is -2.21. The van der Waals surface area contributed by atoms with Gasteiger partial charge in [0.2, 0.25) is 5.91 Å². The van der Waals surface area contributed by atoms with Crippen LogP contribution in [0.5, 0.6) is 0 Å². The number of carboxylic acids is 1. The summed E-state index contributed by atoms with van der Waals surface area (Å²) in [7, 11) is 0. The molecule has 0 spiro atoms. The van der Waals surface area contributed by atoms with Gasteiger partial charge in [0.05, 0.1) is 0 Å². The molecule has 0 aromatic heterocycles. The second-order valence-electron chi connectivity index (χ2n) is 5.62. The maximum atomic E-state index is 11.8. The van der Waals surface area contributed by atoms with Gasteiger partial charge < -0.3 is 10.4 Å². The highest BCUT2D eigenvalue weighted by molar-refractivity contribution is 7.98. The number of benzene rings is 1. The van der Waals surface area contributed by atoms with Crippen LogP contribution in [0.2, 0.25) is 0 Å². The van der Waals surface area contributed by atoms with Gasteiger partial charge in [-0.25, -0.2) is 4.79 Å². The van der Waals surface area contributed by atoms with Crippen LogP contribution in [0.15, 0.2) is 30.3 Å². The zero-order valence-corrected chi connectivity index (χ0v) is 12.9. The molecular weight excluding hydrogens is 274 g/mol. The second kappa shape index (κ2) is 7.33. The van der Waals surface area contributed by atoms with Gasteiger partial charge in [0, 0.05) is 16.9 Å². The summed E-state index contributed by atoms with van der Waals surface area (Å²) in [5, 5.41) is 11.7. The van der Waals surface area contributed by atoms with E-state index in [0.717, 1.165) is 11.3 Å². The van der Waals surface area contributed by atoms with E-state index in [0.29, 0.717) is 5.75 Å². The smallest absolute Gasteiger partial charge is 0.327 e. The number of aliphatic carboxylic acids is 1. The Bertz CT molecular complexity index is 454. The van der Waals surface area contributed by atoms with E-state index in [4.69, 9.17) is 5.11 Å². The van der Waals surface area contributed by atoms with E-state index in [1.54, 1.807) is 20.8 Å². The molecule has 1 rings (SSSR count). The van der Waals surface area contributed by atoms with Crippen molar-refractivity contribution in [2.75, 3.05) is 5.75 Å². The summed E-state index contributed by atoms with van der Waals surface area (Å²) in [6.45, 7) is 5.29. The highest BCUT2D eigenvalue weighted by atomic mass is 32.2. The van der Waals surface area contributed by atoms with Crippen LogP contribution >= 0.6 is 11.8 Å². The third-order valence-corrected chi connectivity index (χ3v) is 3.79. The molecule has 0 aliphatic heterocycles. The fourth-order valence-corrected chi connectivity index (χ4v) is 2.43. The summed E-state index contributed by atoms with van der Waals surface area (Å²) >= 11 is 1.50. The van der Waals surface area contributed by atoms with Gasteiger partial charge in [0.25, 0.3) is 0 Å². The van der Waals surface area contributed by atoms with E-state index in [-0.39, 0.29) is 5.91 Å². The Morgan fingerprint density at radius 3 is 2.35 bits per heavy atom. The average molecular weight is 295 g/mol. The number of nitrogens with one attached hydrogen (secondary N) is 1. The van der Waals surface area contributed by atoms with Crippen LogP contribution in [-0.4, -0.2) is 28.8 Å². The van der Waals surface area contributed by atoms with Crippen LogP contribution in [0.3, 0.4) is 0 Å². The molecule has 0 unspecified atom stereocenters. The Morgan fingerprint density at radius 1 is 1.25 bits per heavy atom. The normalized spacial score (nSPS) is 12.8. The summed E-state index contributed by atoms with van der Waals surface area (Å²) < 4.78 is 0. The molecule has 0 radical (unpaired) electrons. The van der Waals surface area contributed by atoms with Gasteiger partial charge in [-0.2, -0.15) is 11.8 Å². The molecule has 5 heteroatoms. The SMILES string of the molecule is CC(C)(C)C(=O)N[C@@H](CSCc1ccccc1)C(=O)O. The lowest BCUT2D eigenvalue weighted by molar-refractivity contribution is -0.142. The quantitative estimate of drug-likeness (QED) is 0.846. The Kier molecular flexibility index (Phi) is 6.07. The van der Waals surface area contributed by atoms with E-state index >= 15 is 0 Å². The molecule has 0 fully saturated rings. The topological polar surface area (TPSA) is 66.4 Å². The molecule has 0 aliphatic carbocycles. The van der Waals surface area contributed by atoms with Crippen LogP contribution in [-0.2, 0) is 15.3 Å². The third kappa shape index (κ3) is 5.65. The first-order chi connectivity index (χ1) is 9.30. The number of amides is 1. The molecule has 0 saturated carbocycles. The Balaban J connectivity index is 2.48. The van der Waals surface area contributed by atoms with Crippen molar-refractivity contribution in [3.63, 3.8) is 0 Å². The molecule has 1 aromatic carbocycles. The Morgan fingerprint density at radius 2 is 1.85 bits per heavy atom. The van der Waals surface area contributed by atoms with Gasteiger partial charge in [-0.1, -0.05) is 51.1 Å². The number of carboxylic acid groups (broad SMARTS) is 1. The van der Waals surface area contributed by atoms with Crippen LogP contribution in [0.25, 0.3) is 0 Å². The van der Waals surface area contributed by atoms with Crippen molar-refractivity contribution in [1.29, 1.82) is 0 Å². The zero-order valence-electron chi connectivity index (χ0n) is 12.1. The molecule has 110 valence electrons. The first-order valence-electron chi connectivity index (χ1n) is 6.46. The summed E-state index contributed by atoms with van der Waals surface area (Å²) in [6, 6.07) is 8.98. The molecule has 4 nitrogen and oxygen atoms in total. The first kappa shape index (κ1) is 16.6. The summed E-state index contributed by atoms with van der Waals surface area (Å²) in [6.07, 6.45) is 0. The molecule has 1 aromatic rings. The van der Waals surface area contributed by atoms with Crippen LogP contribution in [0.4, 0.5) is 0 Å². The van der Waals surface area contributed by atoms with Gasteiger partial charge >= 0.3 is 5.97 Å². The van der Waals surface area contributed by atoms with Crippen molar-refractivity contribution < 1.29 is 14.7 Å². The molecule has 20 heavy (non-hydrogen) atoms. The molecule has 0 aliphatic rings. The van der Waals surface area contributed by atoms with Crippen molar-refractivity contribution in [2.24, 2.45) is 5.41 Å². The monoisotopic (exact) mass is 295 g/mol. The number of rotatable bonds is 6. The number of hydrogen-bond acceptors (Lipinski definition) is 3. The fourth-order valence-electron chi connectivity index (χ4n) is 1.42. The van der Waals surface area contributed by atoms with Crippen molar-refractivity contribution in [3.8, 4) is 0 Å². The van der Waals surface area contributed by atoms with Crippen molar-refractivity contribution in [2.45, 2.75) is 32.6 Å². The highest BCUT2D eigenvalue weighted by Gasteiger charge is 2.27. The van der Waals surface area contributed by atoms with Crippen molar-refractivity contribution in [3.05, 3.63) is 35.9 Å². The summed E-state index contributed by atoms with van der Waals surface area (Å²) in [5.74, 6) is -0.157. The minimum atomic E-state index is -0.997. The molecular formula is C15H21NO3S. The largest absolute Gasteiger partial charge is 0.480 e. The van der Waals surface area contributed by atoms with E-state index < -0.39 is 17.4 Å².